The van der Waals surface area contributed by atoms with E-state index in [0.29, 0.717) is 32.9 Å². The summed E-state index contributed by atoms with van der Waals surface area (Å²) in [6, 6.07) is 4.00. The van der Waals surface area contributed by atoms with Gasteiger partial charge in [-0.25, -0.2) is 0 Å². The van der Waals surface area contributed by atoms with Gasteiger partial charge in [0.15, 0.2) is 0 Å². The molecule has 1 aromatic rings. The van der Waals surface area contributed by atoms with Crippen molar-refractivity contribution in [1.29, 1.82) is 0 Å². The smallest absolute Gasteiger partial charge is 0.248 e. The van der Waals surface area contributed by atoms with Crippen molar-refractivity contribution in [2.45, 2.75) is 6.54 Å². The van der Waals surface area contributed by atoms with E-state index in [2.05, 4.69) is 0 Å². The molecule has 0 aliphatic heterocycles. The molecular formula is C13H21NO4S. The van der Waals surface area contributed by atoms with Gasteiger partial charge >= 0.3 is 0 Å². The van der Waals surface area contributed by atoms with Crippen molar-refractivity contribution in [2.75, 3.05) is 47.2 Å². The summed E-state index contributed by atoms with van der Waals surface area (Å²) in [5.41, 5.74) is 0. The maximum Gasteiger partial charge on any atom is 0.248 e. The summed E-state index contributed by atoms with van der Waals surface area (Å²) in [4.78, 5) is 15.0. The Morgan fingerprint density at radius 3 is 2.68 bits per heavy atom. The first kappa shape index (κ1) is 16.1. The van der Waals surface area contributed by atoms with E-state index in [-0.39, 0.29) is 12.5 Å². The lowest BCUT2D eigenvalue weighted by atomic mass is 10.4. The van der Waals surface area contributed by atoms with Crippen molar-refractivity contribution < 1.29 is 19.0 Å². The first-order chi connectivity index (χ1) is 9.27. The second kappa shape index (κ2) is 9.91. The quantitative estimate of drug-likeness (QED) is 0.610. The number of carbonyl (C=O) groups is 1. The summed E-state index contributed by atoms with van der Waals surface area (Å²) in [6.45, 7) is 2.71. The van der Waals surface area contributed by atoms with Crippen LogP contribution in [0.5, 0.6) is 0 Å². The lowest BCUT2D eigenvalue weighted by Gasteiger charge is -2.21. The second-order valence-corrected chi connectivity index (χ2v) is 4.97. The third kappa shape index (κ3) is 6.68. The molecular weight excluding hydrogens is 266 g/mol. The van der Waals surface area contributed by atoms with Gasteiger partial charge in [-0.15, -0.1) is 11.3 Å². The van der Waals surface area contributed by atoms with Crippen LogP contribution in [0.4, 0.5) is 0 Å². The van der Waals surface area contributed by atoms with Gasteiger partial charge in [-0.2, -0.15) is 0 Å². The molecule has 0 fully saturated rings. The molecule has 19 heavy (non-hydrogen) atoms. The summed E-state index contributed by atoms with van der Waals surface area (Å²) < 4.78 is 15.2. The number of thiophene rings is 1. The van der Waals surface area contributed by atoms with Crippen molar-refractivity contribution >= 4 is 17.2 Å². The molecule has 1 heterocycles. The molecule has 0 bridgehead atoms. The van der Waals surface area contributed by atoms with Crippen LogP contribution in [0.25, 0.3) is 0 Å². The monoisotopic (exact) mass is 287 g/mol. The average molecular weight is 287 g/mol. The number of nitrogens with zero attached hydrogens (tertiary/aromatic N) is 1. The average Bonchev–Trinajstić information content (AvgIpc) is 2.92. The first-order valence-corrected chi connectivity index (χ1v) is 7.01. The summed E-state index contributed by atoms with van der Waals surface area (Å²) >= 11 is 1.64. The molecule has 0 N–H and O–H groups in total. The van der Waals surface area contributed by atoms with Crippen molar-refractivity contribution in [2.24, 2.45) is 0 Å². The van der Waals surface area contributed by atoms with Crippen LogP contribution in [0.1, 0.15) is 4.88 Å². The fourth-order valence-corrected chi connectivity index (χ4v) is 2.20. The predicted octanol–water partition coefficient (Wildman–Crippen LogP) is 1.39. The number of hydrogen-bond acceptors (Lipinski definition) is 5. The maximum atomic E-state index is 12.0. The molecule has 0 saturated heterocycles. The summed E-state index contributed by atoms with van der Waals surface area (Å²) in [7, 11) is 3.23. The Kier molecular flexibility index (Phi) is 8.40. The van der Waals surface area contributed by atoms with E-state index in [1.165, 1.54) is 0 Å². The lowest BCUT2D eigenvalue weighted by Crippen LogP contribution is -2.36. The molecule has 0 unspecified atom stereocenters. The molecule has 0 atom stereocenters. The highest BCUT2D eigenvalue weighted by molar-refractivity contribution is 7.09. The Balaban J connectivity index is 2.40. The van der Waals surface area contributed by atoms with E-state index in [0.717, 1.165) is 4.88 Å². The molecule has 0 aliphatic rings. The zero-order chi connectivity index (χ0) is 13.9. The molecule has 5 nitrogen and oxygen atoms in total. The highest BCUT2D eigenvalue weighted by Crippen LogP contribution is 2.12. The minimum Gasteiger partial charge on any atom is -0.383 e. The molecule has 0 aliphatic carbocycles. The number of carbonyl (C=O) groups excluding carboxylic acids is 1. The van der Waals surface area contributed by atoms with Crippen LogP contribution in [0.15, 0.2) is 17.5 Å². The largest absolute Gasteiger partial charge is 0.383 e. The number of hydrogen-bond donors (Lipinski definition) is 0. The van der Waals surface area contributed by atoms with Crippen LogP contribution in [0.2, 0.25) is 0 Å². The first-order valence-electron chi connectivity index (χ1n) is 6.13. The van der Waals surface area contributed by atoms with Gasteiger partial charge in [-0.3, -0.25) is 4.79 Å². The Bertz CT molecular complexity index is 342. The molecule has 1 amide bonds. The Morgan fingerprint density at radius 2 is 2.05 bits per heavy atom. The molecule has 108 valence electrons. The van der Waals surface area contributed by atoms with E-state index < -0.39 is 0 Å². The maximum absolute atomic E-state index is 12.0. The Labute approximate surface area is 118 Å². The standard InChI is InChI=1S/C13H21NO4S/c1-16-6-5-14(10-12-4-3-9-19-12)13(15)11-18-8-7-17-2/h3-4,9H,5-8,10-11H2,1-2H3. The summed E-state index contributed by atoms with van der Waals surface area (Å²) in [6.07, 6.45) is 0. The summed E-state index contributed by atoms with van der Waals surface area (Å²) in [5, 5.41) is 2.00. The van der Waals surface area contributed by atoms with Crippen LogP contribution >= 0.6 is 11.3 Å². The van der Waals surface area contributed by atoms with Gasteiger partial charge in [0.2, 0.25) is 5.91 Å². The molecule has 6 heteroatoms. The third-order valence-corrected chi connectivity index (χ3v) is 3.36. The van der Waals surface area contributed by atoms with Crippen LogP contribution in [0, 0.1) is 0 Å². The molecule has 0 radical (unpaired) electrons. The van der Waals surface area contributed by atoms with E-state index >= 15 is 0 Å². The Morgan fingerprint density at radius 1 is 1.26 bits per heavy atom. The lowest BCUT2D eigenvalue weighted by molar-refractivity contribution is -0.137. The van der Waals surface area contributed by atoms with Gasteiger partial charge in [0.25, 0.3) is 0 Å². The minimum absolute atomic E-state index is 0.0263. The number of methoxy groups -OCH3 is 2. The van der Waals surface area contributed by atoms with Crippen LogP contribution in [0.3, 0.4) is 0 Å². The van der Waals surface area contributed by atoms with E-state index in [4.69, 9.17) is 14.2 Å². The molecule has 1 rings (SSSR count). The Hall–Kier alpha value is -0.950. The number of rotatable bonds is 10. The zero-order valence-electron chi connectivity index (χ0n) is 11.5. The molecule has 0 saturated carbocycles. The van der Waals surface area contributed by atoms with Gasteiger partial charge in [0.05, 0.1) is 26.4 Å². The van der Waals surface area contributed by atoms with Gasteiger partial charge in [-0.1, -0.05) is 6.07 Å². The van der Waals surface area contributed by atoms with Crippen LogP contribution in [-0.4, -0.2) is 58.0 Å². The van der Waals surface area contributed by atoms with Crippen molar-refractivity contribution in [3.8, 4) is 0 Å². The highest BCUT2D eigenvalue weighted by atomic mass is 32.1. The van der Waals surface area contributed by atoms with Crippen LogP contribution in [-0.2, 0) is 25.5 Å². The van der Waals surface area contributed by atoms with Crippen LogP contribution < -0.4 is 0 Å². The van der Waals surface area contributed by atoms with Crippen molar-refractivity contribution in [1.82, 2.24) is 4.90 Å². The normalized spacial score (nSPS) is 10.6. The predicted molar refractivity (Wildman–Crippen MR) is 74.3 cm³/mol. The van der Waals surface area contributed by atoms with E-state index in [9.17, 15) is 4.79 Å². The van der Waals surface area contributed by atoms with Crippen molar-refractivity contribution in [3.05, 3.63) is 22.4 Å². The SMILES string of the molecule is COCCOCC(=O)N(CCOC)Cc1cccs1. The molecule has 0 aromatic carbocycles. The molecule has 0 spiro atoms. The summed E-state index contributed by atoms with van der Waals surface area (Å²) in [5.74, 6) is -0.0263. The zero-order valence-corrected chi connectivity index (χ0v) is 12.3. The van der Waals surface area contributed by atoms with Gasteiger partial charge < -0.3 is 19.1 Å². The minimum atomic E-state index is -0.0263. The van der Waals surface area contributed by atoms with Crippen molar-refractivity contribution in [3.63, 3.8) is 0 Å². The van der Waals surface area contributed by atoms with Gasteiger partial charge in [-0.05, 0) is 11.4 Å². The fourth-order valence-electron chi connectivity index (χ4n) is 1.48. The molecule has 1 aromatic heterocycles. The van der Waals surface area contributed by atoms with E-state index in [1.807, 2.05) is 17.5 Å². The topological polar surface area (TPSA) is 48.0 Å². The second-order valence-electron chi connectivity index (χ2n) is 3.93. The van der Waals surface area contributed by atoms with E-state index in [1.54, 1.807) is 30.5 Å². The number of amides is 1. The fraction of sp³-hybridized carbons (Fsp3) is 0.615. The number of ether oxygens (including phenoxy) is 3. The van der Waals surface area contributed by atoms with Gasteiger partial charge in [0.1, 0.15) is 6.61 Å². The highest BCUT2D eigenvalue weighted by Gasteiger charge is 2.14. The third-order valence-electron chi connectivity index (χ3n) is 2.50. The van der Waals surface area contributed by atoms with Gasteiger partial charge in [0, 0.05) is 25.6 Å².